The monoisotopic (exact) mass is 446 g/mol. The minimum Gasteiger partial charge on any atom is -0.335 e. The number of nitrogens with one attached hydrogen (secondary N) is 2. The Morgan fingerprint density at radius 2 is 1.70 bits per heavy atom. The van der Waals surface area contributed by atoms with Crippen LogP contribution in [0.1, 0.15) is 18.0 Å². The van der Waals surface area contributed by atoms with Crippen LogP contribution < -0.4 is 10.6 Å². The summed E-state index contributed by atoms with van der Waals surface area (Å²) in [5.41, 5.74) is 0.872. The molecular formula is C24H22N4O5. The number of benzene rings is 2. The number of imide groups is 1. The number of hydrogen-bond acceptors (Lipinski definition) is 5. The molecule has 33 heavy (non-hydrogen) atoms. The first-order chi connectivity index (χ1) is 15.9. The van der Waals surface area contributed by atoms with Crippen LogP contribution in [0.25, 0.3) is 0 Å². The quantitative estimate of drug-likeness (QED) is 0.305. The number of urea groups is 1. The maximum Gasteiger partial charge on any atom is 0.319 e. The summed E-state index contributed by atoms with van der Waals surface area (Å²) in [4.78, 5) is 50.9. The summed E-state index contributed by atoms with van der Waals surface area (Å²) in [6.07, 6.45) is 4.94. The number of allylic oxidation sites excluding steroid dienone is 2. The SMILES string of the molecule is O=C(NCC(c1ccccc1)N1C(=O)C2C3C=CC(C3)C2C1=O)Nc1cccc([N+](=O)[O-])c1. The lowest BCUT2D eigenvalue weighted by molar-refractivity contribution is -0.384. The maximum atomic E-state index is 13.3. The van der Waals surface area contributed by atoms with Crippen LogP contribution in [0.3, 0.4) is 0 Å². The van der Waals surface area contributed by atoms with Gasteiger partial charge in [-0.15, -0.1) is 0 Å². The van der Waals surface area contributed by atoms with Crippen LogP contribution in [-0.2, 0) is 9.59 Å². The number of nitro groups is 1. The van der Waals surface area contributed by atoms with E-state index in [1.807, 2.05) is 42.5 Å². The van der Waals surface area contributed by atoms with Crippen molar-refractivity contribution in [2.45, 2.75) is 12.5 Å². The molecule has 9 nitrogen and oxygen atoms in total. The van der Waals surface area contributed by atoms with Crippen LogP contribution in [0.2, 0.25) is 0 Å². The van der Waals surface area contributed by atoms with Gasteiger partial charge in [0.25, 0.3) is 5.69 Å². The van der Waals surface area contributed by atoms with Gasteiger partial charge in [0, 0.05) is 24.4 Å². The van der Waals surface area contributed by atoms with E-state index in [0.29, 0.717) is 0 Å². The normalized spacial score (nSPS) is 25.8. The van der Waals surface area contributed by atoms with Crippen LogP contribution in [0.15, 0.2) is 66.7 Å². The predicted molar refractivity (Wildman–Crippen MR) is 119 cm³/mol. The number of amides is 4. The summed E-state index contributed by atoms with van der Waals surface area (Å²) in [6, 6.07) is 13.5. The second-order valence-corrected chi connectivity index (χ2v) is 8.62. The fraction of sp³-hybridized carbons (Fsp3) is 0.292. The lowest BCUT2D eigenvalue weighted by Gasteiger charge is -2.28. The smallest absolute Gasteiger partial charge is 0.319 e. The Hall–Kier alpha value is -4.01. The zero-order chi connectivity index (χ0) is 23.1. The zero-order valence-corrected chi connectivity index (χ0v) is 17.6. The van der Waals surface area contributed by atoms with E-state index in [2.05, 4.69) is 10.6 Å². The molecule has 0 spiro atoms. The lowest BCUT2D eigenvalue weighted by Crippen LogP contribution is -2.43. The average Bonchev–Trinajstić information content (AvgIpc) is 3.50. The largest absolute Gasteiger partial charge is 0.335 e. The Labute approximate surface area is 189 Å². The highest BCUT2D eigenvalue weighted by Gasteiger charge is 2.60. The summed E-state index contributed by atoms with van der Waals surface area (Å²) >= 11 is 0. The molecule has 2 aliphatic carbocycles. The van der Waals surface area contributed by atoms with Crippen LogP contribution in [0.4, 0.5) is 16.2 Å². The van der Waals surface area contributed by atoms with Gasteiger partial charge in [-0.25, -0.2) is 4.79 Å². The number of rotatable bonds is 6. The summed E-state index contributed by atoms with van der Waals surface area (Å²) in [7, 11) is 0. The van der Waals surface area contributed by atoms with Crippen LogP contribution >= 0.6 is 0 Å². The minimum absolute atomic E-state index is 0.0183. The van der Waals surface area contributed by atoms with Crippen LogP contribution in [0, 0.1) is 33.8 Å². The Bertz CT molecular complexity index is 1130. The van der Waals surface area contributed by atoms with Crippen molar-refractivity contribution in [3.05, 3.63) is 82.4 Å². The molecule has 2 aromatic rings. The van der Waals surface area contributed by atoms with E-state index in [1.165, 1.54) is 23.1 Å². The van der Waals surface area contributed by atoms with Crippen molar-refractivity contribution in [2.75, 3.05) is 11.9 Å². The summed E-state index contributed by atoms with van der Waals surface area (Å²) in [5.74, 6) is -0.811. The van der Waals surface area contributed by atoms with Crippen molar-refractivity contribution in [1.29, 1.82) is 0 Å². The number of anilines is 1. The molecule has 3 aliphatic rings. The molecule has 168 valence electrons. The fourth-order valence-electron chi connectivity index (χ4n) is 5.33. The molecule has 2 bridgehead atoms. The van der Waals surface area contributed by atoms with Gasteiger partial charge in [0.05, 0.1) is 22.8 Å². The number of carbonyl (C=O) groups is 3. The number of hydrogen-bond donors (Lipinski definition) is 2. The maximum absolute atomic E-state index is 13.3. The third-order valence-electron chi connectivity index (χ3n) is 6.77. The molecule has 1 saturated carbocycles. The number of fused-ring (bicyclic) bond motifs is 5. The zero-order valence-electron chi connectivity index (χ0n) is 17.6. The van der Waals surface area contributed by atoms with Crippen molar-refractivity contribution >= 4 is 29.2 Å². The molecule has 9 heteroatoms. The van der Waals surface area contributed by atoms with Crippen molar-refractivity contribution < 1.29 is 19.3 Å². The van der Waals surface area contributed by atoms with Gasteiger partial charge in [-0.3, -0.25) is 24.6 Å². The lowest BCUT2D eigenvalue weighted by atomic mass is 9.85. The third-order valence-corrected chi connectivity index (χ3v) is 6.77. The first kappa shape index (κ1) is 20.9. The van der Waals surface area contributed by atoms with Gasteiger partial charge < -0.3 is 10.6 Å². The first-order valence-electron chi connectivity index (χ1n) is 10.8. The van der Waals surface area contributed by atoms with Gasteiger partial charge in [-0.2, -0.15) is 0 Å². The van der Waals surface area contributed by atoms with E-state index in [1.54, 1.807) is 6.07 Å². The average molecular weight is 446 g/mol. The molecule has 2 fully saturated rings. The number of likely N-dealkylation sites (tertiary alicyclic amines) is 1. The van der Waals surface area contributed by atoms with E-state index in [-0.39, 0.29) is 53.4 Å². The molecule has 2 aromatic carbocycles. The summed E-state index contributed by atoms with van der Waals surface area (Å²) in [5, 5.41) is 16.2. The van der Waals surface area contributed by atoms with E-state index < -0.39 is 17.0 Å². The number of nitro benzene ring substituents is 1. The van der Waals surface area contributed by atoms with Gasteiger partial charge in [0.15, 0.2) is 0 Å². The highest BCUT2D eigenvalue weighted by molar-refractivity contribution is 6.07. The molecule has 2 N–H and O–H groups in total. The van der Waals surface area contributed by atoms with Crippen molar-refractivity contribution in [3.63, 3.8) is 0 Å². The molecule has 0 aromatic heterocycles. The highest BCUT2D eigenvalue weighted by Crippen LogP contribution is 2.53. The van der Waals surface area contributed by atoms with Gasteiger partial charge in [-0.1, -0.05) is 48.6 Å². The Morgan fingerprint density at radius 1 is 1.03 bits per heavy atom. The van der Waals surface area contributed by atoms with Crippen molar-refractivity contribution in [1.82, 2.24) is 10.2 Å². The van der Waals surface area contributed by atoms with E-state index in [0.717, 1.165) is 12.0 Å². The van der Waals surface area contributed by atoms with Gasteiger partial charge in [0.1, 0.15) is 0 Å². The van der Waals surface area contributed by atoms with Gasteiger partial charge >= 0.3 is 6.03 Å². The molecule has 1 heterocycles. The molecule has 4 amide bonds. The molecule has 1 saturated heterocycles. The number of non-ortho nitro benzene ring substituents is 1. The Kier molecular flexibility index (Phi) is 5.16. The second kappa shape index (κ2) is 8.16. The Balaban J connectivity index is 1.34. The molecule has 0 radical (unpaired) electrons. The molecule has 5 atom stereocenters. The van der Waals surface area contributed by atoms with Crippen LogP contribution in [0.5, 0.6) is 0 Å². The highest BCUT2D eigenvalue weighted by atomic mass is 16.6. The number of carbonyl (C=O) groups excluding carboxylic acids is 3. The van der Waals surface area contributed by atoms with Gasteiger partial charge in [-0.05, 0) is 29.9 Å². The van der Waals surface area contributed by atoms with E-state index in [9.17, 15) is 24.5 Å². The Morgan fingerprint density at radius 3 is 2.33 bits per heavy atom. The van der Waals surface area contributed by atoms with Crippen LogP contribution in [-0.4, -0.2) is 34.2 Å². The van der Waals surface area contributed by atoms with E-state index in [4.69, 9.17) is 0 Å². The summed E-state index contributed by atoms with van der Waals surface area (Å²) in [6.45, 7) is 0.0183. The predicted octanol–water partition coefficient (Wildman–Crippen LogP) is 3.26. The number of nitrogens with zero attached hydrogens (tertiary/aromatic N) is 2. The van der Waals surface area contributed by atoms with Crippen molar-refractivity contribution in [3.8, 4) is 0 Å². The van der Waals surface area contributed by atoms with Crippen molar-refractivity contribution in [2.24, 2.45) is 23.7 Å². The molecule has 5 rings (SSSR count). The molecular weight excluding hydrogens is 424 g/mol. The standard InChI is InChI=1S/C24H22N4O5/c29-22-20-15-9-10-16(11-15)21(20)23(30)27(22)19(14-5-2-1-3-6-14)13-25-24(31)26-17-7-4-8-18(12-17)28(32)33/h1-10,12,15-16,19-21H,11,13H2,(H2,25,26,31). The molecule has 5 unspecified atom stereocenters. The molecule has 1 aliphatic heterocycles. The van der Waals surface area contributed by atoms with E-state index >= 15 is 0 Å². The summed E-state index contributed by atoms with van der Waals surface area (Å²) < 4.78 is 0. The second-order valence-electron chi connectivity index (χ2n) is 8.62. The third kappa shape index (κ3) is 3.65. The topological polar surface area (TPSA) is 122 Å². The minimum atomic E-state index is -0.646. The van der Waals surface area contributed by atoms with Gasteiger partial charge in [0.2, 0.25) is 11.8 Å². The fourth-order valence-corrected chi connectivity index (χ4v) is 5.33. The first-order valence-corrected chi connectivity index (χ1v) is 10.8.